The Kier molecular flexibility index (Phi) is 4.72. The summed E-state index contributed by atoms with van der Waals surface area (Å²) in [7, 11) is 1.57. The van der Waals surface area contributed by atoms with Crippen LogP contribution in [0, 0.1) is 0 Å². The average Bonchev–Trinajstić information content (AvgIpc) is 2.68. The molecular formula is C12H9Br2ClO2S. The fourth-order valence-electron chi connectivity index (χ4n) is 1.57. The molecule has 0 spiro atoms. The minimum absolute atomic E-state index is 0.569. The second-order valence-corrected chi connectivity index (χ2v) is 7.25. The molecule has 2 nitrogen and oxygen atoms in total. The maximum absolute atomic E-state index is 10.4. The zero-order valence-corrected chi connectivity index (χ0v) is 14.0. The van der Waals surface area contributed by atoms with Crippen LogP contribution in [0.1, 0.15) is 16.5 Å². The van der Waals surface area contributed by atoms with Crippen LogP contribution in [0.5, 0.6) is 5.75 Å². The van der Waals surface area contributed by atoms with Gasteiger partial charge in [-0.25, -0.2) is 0 Å². The molecule has 2 rings (SSSR count). The topological polar surface area (TPSA) is 29.5 Å². The van der Waals surface area contributed by atoms with Crippen molar-refractivity contribution in [1.29, 1.82) is 0 Å². The molecule has 0 fully saturated rings. The van der Waals surface area contributed by atoms with Gasteiger partial charge in [0.2, 0.25) is 0 Å². The van der Waals surface area contributed by atoms with Crippen molar-refractivity contribution >= 4 is 54.8 Å². The number of rotatable bonds is 3. The number of aliphatic hydroxyl groups excluding tert-OH is 1. The minimum Gasteiger partial charge on any atom is -0.496 e. The molecule has 1 N–H and O–H groups in total. The Morgan fingerprint density at radius 3 is 2.61 bits per heavy atom. The van der Waals surface area contributed by atoms with Crippen LogP contribution in [0.25, 0.3) is 0 Å². The minimum atomic E-state index is -0.758. The van der Waals surface area contributed by atoms with E-state index in [2.05, 4.69) is 31.9 Å². The van der Waals surface area contributed by atoms with Crippen molar-refractivity contribution in [3.63, 3.8) is 0 Å². The zero-order valence-electron chi connectivity index (χ0n) is 9.28. The third kappa shape index (κ3) is 2.91. The molecule has 1 heterocycles. The number of halogens is 3. The summed E-state index contributed by atoms with van der Waals surface area (Å²) in [5, 5.41) is 11.0. The maximum Gasteiger partial charge on any atom is 0.125 e. The van der Waals surface area contributed by atoms with Gasteiger partial charge < -0.3 is 9.84 Å². The largest absolute Gasteiger partial charge is 0.496 e. The van der Waals surface area contributed by atoms with Crippen molar-refractivity contribution < 1.29 is 9.84 Å². The van der Waals surface area contributed by atoms with Gasteiger partial charge in [-0.05, 0) is 56.1 Å². The van der Waals surface area contributed by atoms with E-state index in [1.807, 2.05) is 6.07 Å². The smallest absolute Gasteiger partial charge is 0.125 e. The highest BCUT2D eigenvalue weighted by atomic mass is 79.9. The molecule has 96 valence electrons. The third-order valence-electron chi connectivity index (χ3n) is 2.42. The Morgan fingerprint density at radius 2 is 2.06 bits per heavy atom. The number of thiophene rings is 1. The Morgan fingerprint density at radius 1 is 1.33 bits per heavy atom. The Labute approximate surface area is 131 Å². The van der Waals surface area contributed by atoms with Crippen LogP contribution in [-0.2, 0) is 0 Å². The lowest BCUT2D eigenvalue weighted by atomic mass is 10.1. The Balaban J connectivity index is 2.44. The molecule has 0 saturated carbocycles. The lowest BCUT2D eigenvalue weighted by Gasteiger charge is -2.13. The molecule has 0 saturated heterocycles. The fourth-order valence-corrected chi connectivity index (χ4v) is 3.85. The van der Waals surface area contributed by atoms with E-state index in [0.29, 0.717) is 16.3 Å². The molecule has 0 radical (unpaired) electrons. The number of aliphatic hydroxyl groups is 1. The third-order valence-corrected chi connectivity index (χ3v) is 5.96. The van der Waals surface area contributed by atoms with Gasteiger partial charge in [0.05, 0.1) is 10.9 Å². The normalized spacial score (nSPS) is 12.5. The number of ether oxygens (including phenoxy) is 1. The predicted molar refractivity (Wildman–Crippen MR) is 81.8 cm³/mol. The molecule has 6 heteroatoms. The summed E-state index contributed by atoms with van der Waals surface area (Å²) in [5.41, 5.74) is 0.659. The van der Waals surface area contributed by atoms with E-state index >= 15 is 0 Å². The van der Waals surface area contributed by atoms with E-state index in [1.54, 1.807) is 25.3 Å². The number of hydrogen-bond donors (Lipinski definition) is 1. The second-order valence-electron chi connectivity index (χ2n) is 3.56. The van der Waals surface area contributed by atoms with Gasteiger partial charge in [0.25, 0.3) is 0 Å². The molecule has 1 aromatic heterocycles. The zero-order chi connectivity index (χ0) is 13.3. The Bertz CT molecular complexity index is 552. The number of benzene rings is 1. The van der Waals surface area contributed by atoms with Gasteiger partial charge in [0.1, 0.15) is 11.9 Å². The standard InChI is InChI=1S/C12H9Br2ClO2S/c1-17-9-3-2-6(15)4-7(9)11(16)10-5-8(13)12(14)18-10/h2-5,11,16H,1H3. The van der Waals surface area contributed by atoms with Gasteiger partial charge in [-0.15, -0.1) is 11.3 Å². The first-order valence-electron chi connectivity index (χ1n) is 4.99. The SMILES string of the molecule is COc1ccc(Cl)cc1C(O)c1cc(Br)c(Br)s1. The quantitative estimate of drug-likeness (QED) is 0.767. The van der Waals surface area contributed by atoms with Gasteiger partial charge in [-0.2, -0.15) is 0 Å². The molecule has 1 unspecified atom stereocenters. The van der Waals surface area contributed by atoms with Gasteiger partial charge in [-0.1, -0.05) is 11.6 Å². The summed E-state index contributed by atoms with van der Waals surface area (Å²) in [6.07, 6.45) is -0.758. The number of hydrogen-bond acceptors (Lipinski definition) is 3. The van der Waals surface area contributed by atoms with Gasteiger partial charge in [-0.3, -0.25) is 0 Å². The van der Waals surface area contributed by atoms with Crippen molar-refractivity contribution in [1.82, 2.24) is 0 Å². The molecule has 18 heavy (non-hydrogen) atoms. The van der Waals surface area contributed by atoms with E-state index in [0.717, 1.165) is 13.1 Å². The van der Waals surface area contributed by atoms with Crippen molar-refractivity contribution in [3.8, 4) is 5.75 Å². The molecule has 0 bridgehead atoms. The van der Waals surface area contributed by atoms with Crippen molar-refractivity contribution in [2.24, 2.45) is 0 Å². The summed E-state index contributed by atoms with van der Waals surface area (Å²) in [4.78, 5) is 0.814. The van der Waals surface area contributed by atoms with E-state index in [-0.39, 0.29) is 0 Å². The van der Waals surface area contributed by atoms with Crippen LogP contribution in [0.2, 0.25) is 5.02 Å². The second kappa shape index (κ2) is 5.92. The van der Waals surface area contributed by atoms with Crippen LogP contribution < -0.4 is 4.74 Å². The van der Waals surface area contributed by atoms with Crippen LogP contribution in [0.4, 0.5) is 0 Å². The molecule has 1 aromatic carbocycles. The lowest BCUT2D eigenvalue weighted by molar-refractivity contribution is 0.218. The van der Waals surface area contributed by atoms with E-state index in [9.17, 15) is 5.11 Å². The molecule has 1 atom stereocenters. The lowest BCUT2D eigenvalue weighted by Crippen LogP contribution is -2.00. The fraction of sp³-hybridized carbons (Fsp3) is 0.167. The van der Waals surface area contributed by atoms with Crippen LogP contribution in [-0.4, -0.2) is 12.2 Å². The Hall–Kier alpha value is -0.0700. The van der Waals surface area contributed by atoms with Crippen LogP contribution >= 0.6 is 54.8 Å². The summed E-state index contributed by atoms with van der Waals surface area (Å²) >= 11 is 14.2. The van der Waals surface area contributed by atoms with Gasteiger partial charge in [0, 0.05) is 19.9 Å². The van der Waals surface area contributed by atoms with Crippen molar-refractivity contribution in [3.05, 3.63) is 48.0 Å². The first-order valence-corrected chi connectivity index (χ1v) is 7.77. The molecule has 0 amide bonds. The number of methoxy groups -OCH3 is 1. The van der Waals surface area contributed by atoms with Gasteiger partial charge in [0.15, 0.2) is 0 Å². The van der Waals surface area contributed by atoms with Crippen molar-refractivity contribution in [2.75, 3.05) is 7.11 Å². The molecule has 0 aliphatic rings. The highest BCUT2D eigenvalue weighted by molar-refractivity contribution is 9.13. The van der Waals surface area contributed by atoms with Crippen molar-refractivity contribution in [2.45, 2.75) is 6.10 Å². The van der Waals surface area contributed by atoms with E-state index in [1.165, 1.54) is 11.3 Å². The molecular weight excluding hydrogens is 403 g/mol. The first-order chi connectivity index (χ1) is 8.52. The van der Waals surface area contributed by atoms with E-state index in [4.69, 9.17) is 16.3 Å². The summed E-state index contributed by atoms with van der Waals surface area (Å²) < 4.78 is 7.10. The van der Waals surface area contributed by atoms with Crippen LogP contribution in [0.15, 0.2) is 32.5 Å². The predicted octanol–water partition coefficient (Wildman–Crippen LogP) is 5.02. The van der Waals surface area contributed by atoms with E-state index < -0.39 is 6.10 Å². The highest BCUT2D eigenvalue weighted by Crippen LogP contribution is 2.40. The summed E-state index contributed by atoms with van der Waals surface area (Å²) in [6.45, 7) is 0. The van der Waals surface area contributed by atoms with Crippen LogP contribution in [0.3, 0.4) is 0 Å². The highest BCUT2D eigenvalue weighted by Gasteiger charge is 2.19. The van der Waals surface area contributed by atoms with Gasteiger partial charge >= 0.3 is 0 Å². The summed E-state index contributed by atoms with van der Waals surface area (Å²) in [6, 6.07) is 7.07. The first kappa shape index (κ1) is 14.3. The molecule has 0 aliphatic heterocycles. The molecule has 0 aliphatic carbocycles. The monoisotopic (exact) mass is 410 g/mol. The average molecular weight is 413 g/mol. The summed E-state index contributed by atoms with van der Waals surface area (Å²) in [5.74, 6) is 0.618. The molecule has 2 aromatic rings. The maximum atomic E-state index is 10.4.